The van der Waals surface area contributed by atoms with Gasteiger partial charge in [0.25, 0.3) is 0 Å². The smallest absolute Gasteiger partial charge is 0.243 e. The highest BCUT2D eigenvalue weighted by atomic mass is 16.4. The van der Waals surface area contributed by atoms with Gasteiger partial charge in [-0.3, -0.25) is 19.8 Å². The van der Waals surface area contributed by atoms with Gasteiger partial charge in [0.1, 0.15) is 17.4 Å². The lowest BCUT2D eigenvalue weighted by Gasteiger charge is -2.37. The fourth-order valence-corrected chi connectivity index (χ4v) is 3.15. The van der Waals surface area contributed by atoms with Gasteiger partial charge < -0.3 is 9.32 Å². The van der Waals surface area contributed by atoms with Gasteiger partial charge in [0, 0.05) is 37.7 Å². The van der Waals surface area contributed by atoms with E-state index in [9.17, 15) is 14.9 Å². The molecule has 2 aliphatic rings. The van der Waals surface area contributed by atoms with E-state index in [2.05, 4.69) is 16.3 Å². The minimum atomic E-state index is -0.351. The average Bonchev–Trinajstić information content (AvgIpc) is 3.42. The van der Waals surface area contributed by atoms with Crippen LogP contribution in [0.4, 0.5) is 5.88 Å². The predicted molar refractivity (Wildman–Crippen MR) is 91.9 cm³/mol. The molecule has 1 aromatic heterocycles. The Labute approximate surface area is 147 Å². The third-order valence-corrected chi connectivity index (χ3v) is 5.21. The van der Waals surface area contributed by atoms with Crippen LogP contribution in [0.5, 0.6) is 0 Å². The number of hydrogen-bond acceptors (Lipinski definition) is 5. The van der Waals surface area contributed by atoms with Crippen LogP contribution in [0, 0.1) is 31.1 Å². The first kappa shape index (κ1) is 17.5. The zero-order chi connectivity index (χ0) is 18.1. The van der Waals surface area contributed by atoms with Crippen LogP contribution in [-0.4, -0.2) is 53.8 Å². The summed E-state index contributed by atoms with van der Waals surface area (Å²) in [5.41, 5.74) is 1.12. The van der Waals surface area contributed by atoms with Crippen molar-refractivity contribution in [2.75, 3.05) is 31.5 Å². The first-order valence-electron chi connectivity index (χ1n) is 8.76. The summed E-state index contributed by atoms with van der Waals surface area (Å²) in [6.45, 7) is 8.08. The number of piperazine rings is 1. The number of nitriles is 1. The normalized spacial score (nSPS) is 19.4. The quantitative estimate of drug-likeness (QED) is 0.897. The lowest BCUT2D eigenvalue weighted by Crippen LogP contribution is -2.54. The van der Waals surface area contributed by atoms with Gasteiger partial charge in [0.05, 0.1) is 6.04 Å². The maximum absolute atomic E-state index is 12.5. The van der Waals surface area contributed by atoms with Crippen molar-refractivity contribution in [3.63, 3.8) is 0 Å². The highest BCUT2D eigenvalue weighted by Gasteiger charge is 2.35. The molecule has 1 aliphatic heterocycles. The summed E-state index contributed by atoms with van der Waals surface area (Å²) in [4.78, 5) is 28.6. The van der Waals surface area contributed by atoms with Crippen LogP contribution in [0.25, 0.3) is 0 Å². The van der Waals surface area contributed by atoms with Gasteiger partial charge in [-0.25, -0.2) is 0 Å². The molecule has 0 spiro atoms. The molecule has 134 valence electrons. The van der Waals surface area contributed by atoms with Crippen molar-refractivity contribution in [1.29, 1.82) is 5.26 Å². The second kappa shape index (κ2) is 6.89. The van der Waals surface area contributed by atoms with Crippen molar-refractivity contribution in [1.82, 2.24) is 9.80 Å². The molecule has 0 radical (unpaired) electrons. The van der Waals surface area contributed by atoms with Crippen molar-refractivity contribution < 1.29 is 14.0 Å². The van der Waals surface area contributed by atoms with E-state index in [0.29, 0.717) is 37.5 Å². The van der Waals surface area contributed by atoms with Crippen molar-refractivity contribution in [2.45, 2.75) is 39.7 Å². The van der Waals surface area contributed by atoms with E-state index in [0.717, 1.165) is 18.4 Å². The Balaban J connectivity index is 1.57. The number of aryl methyl sites for hydroxylation is 1. The standard InChI is InChI=1S/C18H24N4O3/c1-11-13(3)25-17(15(11)10-19)20-16(23)12(2)21-6-8-22(9-7-21)18(24)14-4-5-14/h12,14H,4-9H2,1-3H3,(H,20,23)/t12-/m0/s1. The van der Waals surface area contributed by atoms with Crippen molar-refractivity contribution >= 4 is 17.7 Å². The molecule has 0 aromatic carbocycles. The molecule has 0 bridgehead atoms. The van der Waals surface area contributed by atoms with E-state index >= 15 is 0 Å². The Hall–Kier alpha value is -2.33. The van der Waals surface area contributed by atoms with Crippen molar-refractivity contribution in [3.05, 3.63) is 16.9 Å². The summed E-state index contributed by atoms with van der Waals surface area (Å²) in [6, 6.07) is 1.73. The Morgan fingerprint density at radius 1 is 1.24 bits per heavy atom. The second-order valence-electron chi connectivity index (χ2n) is 6.90. The Kier molecular flexibility index (Phi) is 4.82. The lowest BCUT2D eigenvalue weighted by molar-refractivity contribution is -0.135. The molecule has 7 nitrogen and oxygen atoms in total. The molecule has 25 heavy (non-hydrogen) atoms. The monoisotopic (exact) mass is 344 g/mol. The number of nitrogens with one attached hydrogen (secondary N) is 1. The number of nitrogens with zero attached hydrogens (tertiary/aromatic N) is 3. The molecule has 0 unspecified atom stereocenters. The maximum Gasteiger partial charge on any atom is 0.243 e. The number of rotatable bonds is 4. The van der Waals surface area contributed by atoms with Crippen molar-refractivity contribution in [3.8, 4) is 6.07 Å². The summed E-state index contributed by atoms with van der Waals surface area (Å²) in [5, 5.41) is 12.0. The number of amides is 2. The molecule has 3 rings (SSSR count). The first-order chi connectivity index (χ1) is 11.9. The summed E-state index contributed by atoms with van der Waals surface area (Å²) in [5.74, 6) is 1.15. The van der Waals surface area contributed by atoms with Crippen LogP contribution in [0.3, 0.4) is 0 Å². The van der Waals surface area contributed by atoms with Gasteiger partial charge in [0.2, 0.25) is 17.7 Å². The molecule has 1 aliphatic carbocycles. The van der Waals surface area contributed by atoms with Gasteiger partial charge in [0.15, 0.2) is 0 Å². The van der Waals surface area contributed by atoms with Gasteiger partial charge >= 0.3 is 0 Å². The number of hydrogen-bond donors (Lipinski definition) is 1. The fourth-order valence-electron chi connectivity index (χ4n) is 3.15. The number of carbonyl (C=O) groups excluding carboxylic acids is 2. The molecular weight excluding hydrogens is 320 g/mol. The summed E-state index contributed by atoms with van der Waals surface area (Å²) < 4.78 is 5.50. The number of furan rings is 1. The third-order valence-electron chi connectivity index (χ3n) is 5.21. The minimum absolute atomic E-state index is 0.202. The van der Waals surface area contributed by atoms with Crippen LogP contribution in [0.2, 0.25) is 0 Å². The highest BCUT2D eigenvalue weighted by Crippen LogP contribution is 2.31. The number of anilines is 1. The largest absolute Gasteiger partial charge is 0.444 e. The SMILES string of the molecule is Cc1oc(NC(=O)[C@H](C)N2CCN(C(=O)C3CC3)CC2)c(C#N)c1C. The van der Waals surface area contributed by atoms with E-state index < -0.39 is 0 Å². The Morgan fingerprint density at radius 3 is 2.44 bits per heavy atom. The lowest BCUT2D eigenvalue weighted by atomic mass is 10.1. The van der Waals surface area contributed by atoms with Gasteiger partial charge in [-0.15, -0.1) is 0 Å². The molecule has 1 aromatic rings. The topological polar surface area (TPSA) is 89.6 Å². The molecule has 1 saturated carbocycles. The molecule has 1 atom stereocenters. The van der Waals surface area contributed by atoms with E-state index in [4.69, 9.17) is 4.42 Å². The molecule has 7 heteroatoms. The van der Waals surface area contributed by atoms with Crippen molar-refractivity contribution in [2.24, 2.45) is 5.92 Å². The maximum atomic E-state index is 12.5. The Bertz CT molecular complexity index is 721. The molecular formula is C18H24N4O3. The first-order valence-corrected chi connectivity index (χ1v) is 8.76. The number of carbonyl (C=O) groups is 2. The van der Waals surface area contributed by atoms with Crippen LogP contribution in [-0.2, 0) is 9.59 Å². The van der Waals surface area contributed by atoms with Crippen LogP contribution in [0.15, 0.2) is 4.42 Å². The van der Waals surface area contributed by atoms with Crippen LogP contribution in [0.1, 0.15) is 36.7 Å². The highest BCUT2D eigenvalue weighted by molar-refractivity contribution is 5.94. The fraction of sp³-hybridized carbons (Fsp3) is 0.611. The predicted octanol–water partition coefficient (Wildman–Crippen LogP) is 1.65. The van der Waals surface area contributed by atoms with Gasteiger partial charge in [-0.05, 0) is 33.6 Å². The zero-order valence-corrected chi connectivity index (χ0v) is 15.0. The summed E-state index contributed by atoms with van der Waals surface area (Å²) in [7, 11) is 0. The van der Waals surface area contributed by atoms with E-state index in [1.165, 1.54) is 0 Å². The summed E-state index contributed by atoms with van der Waals surface area (Å²) >= 11 is 0. The van der Waals surface area contributed by atoms with Crippen LogP contribution < -0.4 is 5.32 Å². The molecule has 1 N–H and O–H groups in total. The second-order valence-corrected chi connectivity index (χ2v) is 6.90. The van der Waals surface area contributed by atoms with Gasteiger partial charge in [-0.2, -0.15) is 5.26 Å². The van der Waals surface area contributed by atoms with E-state index in [1.807, 2.05) is 11.8 Å². The van der Waals surface area contributed by atoms with E-state index in [1.54, 1.807) is 13.8 Å². The summed E-state index contributed by atoms with van der Waals surface area (Å²) in [6.07, 6.45) is 2.03. The molecule has 1 saturated heterocycles. The average molecular weight is 344 g/mol. The Morgan fingerprint density at radius 2 is 1.88 bits per heavy atom. The van der Waals surface area contributed by atoms with Crippen LogP contribution >= 0.6 is 0 Å². The molecule has 2 amide bonds. The zero-order valence-electron chi connectivity index (χ0n) is 15.0. The van der Waals surface area contributed by atoms with Gasteiger partial charge in [-0.1, -0.05) is 0 Å². The molecule has 2 heterocycles. The third kappa shape index (κ3) is 3.54. The minimum Gasteiger partial charge on any atom is -0.444 e. The van der Waals surface area contributed by atoms with E-state index in [-0.39, 0.29) is 29.7 Å². The molecule has 2 fully saturated rings.